The number of ether oxygens (including phenoxy) is 4. The highest BCUT2D eigenvalue weighted by Gasteiger charge is 2.44. The lowest BCUT2D eigenvalue weighted by molar-refractivity contribution is -0.142. The van der Waals surface area contributed by atoms with E-state index in [9.17, 15) is 14.7 Å². The van der Waals surface area contributed by atoms with Crippen molar-refractivity contribution in [3.8, 4) is 23.0 Å². The maximum absolute atomic E-state index is 13.7. The van der Waals surface area contributed by atoms with Crippen LogP contribution in [0.3, 0.4) is 0 Å². The number of carbonyl (C=O) groups excluding carboxylic acids is 1. The van der Waals surface area contributed by atoms with Crippen LogP contribution in [0.1, 0.15) is 60.9 Å². The first-order valence-electron chi connectivity index (χ1n) is 15.1. The van der Waals surface area contributed by atoms with E-state index < -0.39 is 5.97 Å². The molecule has 1 amide bonds. The standard InChI is InChI=1S/C33H44N2O7/c1-6-20-19-34-11-9-22-15-29(40-3)31(42-5)18-25(22)26(34)17-24(20)27-13-23-16-30(41-4)28(39-2)14-21(23)10-12-35(27)32(36)7-8-33(37)38/h14-16,18,20,24,26-27H,6-13,17,19H2,1-5H3,(H,37,38). The van der Waals surface area contributed by atoms with Crippen LogP contribution in [0.4, 0.5) is 0 Å². The van der Waals surface area contributed by atoms with Crippen molar-refractivity contribution >= 4 is 11.9 Å². The lowest BCUT2D eigenvalue weighted by Crippen LogP contribution is -2.54. The number of benzene rings is 2. The maximum atomic E-state index is 13.7. The van der Waals surface area contributed by atoms with Gasteiger partial charge in [-0.1, -0.05) is 13.3 Å². The van der Waals surface area contributed by atoms with Crippen LogP contribution in [0.25, 0.3) is 0 Å². The number of carboxylic acids is 1. The zero-order valence-electron chi connectivity index (χ0n) is 25.5. The van der Waals surface area contributed by atoms with Gasteiger partial charge >= 0.3 is 5.97 Å². The minimum Gasteiger partial charge on any atom is -0.493 e. The summed E-state index contributed by atoms with van der Waals surface area (Å²) in [4.78, 5) is 29.7. The first kappa shape index (κ1) is 30.0. The highest BCUT2D eigenvalue weighted by molar-refractivity contribution is 5.81. The number of carbonyl (C=O) groups is 2. The second-order valence-electron chi connectivity index (χ2n) is 11.7. The lowest BCUT2D eigenvalue weighted by Gasteiger charge is -2.51. The Morgan fingerprint density at radius 3 is 2.05 bits per heavy atom. The van der Waals surface area contributed by atoms with E-state index in [0.29, 0.717) is 36.8 Å². The predicted molar refractivity (Wildman–Crippen MR) is 159 cm³/mol. The normalized spacial score (nSPS) is 23.6. The van der Waals surface area contributed by atoms with Gasteiger partial charge in [-0.2, -0.15) is 0 Å². The van der Waals surface area contributed by atoms with E-state index in [1.807, 2.05) is 11.0 Å². The molecule has 3 heterocycles. The molecule has 2 aromatic rings. The molecule has 4 unspecified atom stereocenters. The summed E-state index contributed by atoms with van der Waals surface area (Å²) in [7, 11) is 6.63. The zero-order chi connectivity index (χ0) is 30.0. The number of piperidine rings is 1. The number of carboxylic acid groups (broad SMARTS) is 1. The minimum absolute atomic E-state index is 0.00765. The number of methoxy groups -OCH3 is 4. The number of fused-ring (bicyclic) bond motifs is 4. The first-order chi connectivity index (χ1) is 20.3. The molecular weight excluding hydrogens is 536 g/mol. The number of rotatable bonds is 9. The topological polar surface area (TPSA) is 97.8 Å². The highest BCUT2D eigenvalue weighted by atomic mass is 16.5. The molecule has 42 heavy (non-hydrogen) atoms. The maximum Gasteiger partial charge on any atom is 0.303 e. The molecule has 0 saturated carbocycles. The summed E-state index contributed by atoms with van der Waals surface area (Å²) in [6.07, 6.45) is 4.12. The largest absolute Gasteiger partial charge is 0.493 e. The summed E-state index contributed by atoms with van der Waals surface area (Å²) in [5.41, 5.74) is 4.89. The Balaban J connectivity index is 1.54. The van der Waals surface area contributed by atoms with E-state index in [1.165, 1.54) is 16.7 Å². The third-order valence-corrected chi connectivity index (χ3v) is 9.73. The van der Waals surface area contributed by atoms with Crippen LogP contribution in [-0.2, 0) is 28.9 Å². The van der Waals surface area contributed by atoms with Gasteiger partial charge in [-0.15, -0.1) is 0 Å². The molecule has 4 atom stereocenters. The van der Waals surface area contributed by atoms with Crippen molar-refractivity contribution in [3.63, 3.8) is 0 Å². The molecule has 0 bridgehead atoms. The van der Waals surface area contributed by atoms with Crippen LogP contribution in [0, 0.1) is 11.8 Å². The van der Waals surface area contributed by atoms with Gasteiger partial charge in [-0.3, -0.25) is 14.5 Å². The molecule has 3 aliphatic heterocycles. The van der Waals surface area contributed by atoms with Gasteiger partial charge in [0.25, 0.3) is 0 Å². The Hall–Kier alpha value is -3.46. The summed E-state index contributed by atoms with van der Waals surface area (Å²) in [6.45, 7) is 4.75. The van der Waals surface area contributed by atoms with Crippen molar-refractivity contribution in [1.29, 1.82) is 0 Å². The SMILES string of the molecule is CCC1CN2CCc3cc(OC)c(OC)cc3C2CC1C1Cc2cc(OC)c(OC)cc2CCN1C(=O)CCC(=O)O. The zero-order valence-corrected chi connectivity index (χ0v) is 25.5. The van der Waals surface area contributed by atoms with Crippen molar-refractivity contribution in [2.24, 2.45) is 11.8 Å². The summed E-state index contributed by atoms with van der Waals surface area (Å²) in [6, 6.07) is 8.52. The van der Waals surface area contributed by atoms with Gasteiger partial charge in [0.1, 0.15) is 0 Å². The van der Waals surface area contributed by atoms with E-state index in [4.69, 9.17) is 18.9 Å². The Morgan fingerprint density at radius 1 is 0.833 bits per heavy atom. The monoisotopic (exact) mass is 580 g/mol. The molecule has 0 spiro atoms. The molecule has 0 aromatic heterocycles. The number of hydrogen-bond donors (Lipinski definition) is 1. The number of nitrogens with zero attached hydrogens (tertiary/aromatic N) is 2. The van der Waals surface area contributed by atoms with Gasteiger partial charge in [0, 0.05) is 38.1 Å². The van der Waals surface area contributed by atoms with Crippen molar-refractivity contribution in [1.82, 2.24) is 9.80 Å². The van der Waals surface area contributed by atoms with E-state index >= 15 is 0 Å². The average Bonchev–Trinajstić information content (AvgIpc) is 3.20. The molecule has 0 aliphatic carbocycles. The van der Waals surface area contributed by atoms with Crippen LogP contribution in [0.5, 0.6) is 23.0 Å². The molecule has 1 fully saturated rings. The van der Waals surface area contributed by atoms with Crippen LogP contribution >= 0.6 is 0 Å². The molecule has 9 heteroatoms. The first-order valence-corrected chi connectivity index (χ1v) is 15.1. The molecule has 3 aliphatic rings. The van der Waals surface area contributed by atoms with E-state index in [1.54, 1.807) is 28.4 Å². The third kappa shape index (κ3) is 5.76. The predicted octanol–water partition coefficient (Wildman–Crippen LogP) is 4.53. The van der Waals surface area contributed by atoms with E-state index in [0.717, 1.165) is 49.4 Å². The number of amides is 1. The van der Waals surface area contributed by atoms with Crippen LogP contribution in [0.2, 0.25) is 0 Å². The third-order valence-electron chi connectivity index (χ3n) is 9.73. The Morgan fingerprint density at radius 2 is 1.43 bits per heavy atom. The second-order valence-corrected chi connectivity index (χ2v) is 11.7. The minimum atomic E-state index is -0.949. The van der Waals surface area contributed by atoms with Crippen LogP contribution in [0.15, 0.2) is 24.3 Å². The van der Waals surface area contributed by atoms with Crippen LogP contribution in [-0.4, -0.2) is 80.9 Å². The fourth-order valence-electron chi connectivity index (χ4n) is 7.54. The van der Waals surface area contributed by atoms with E-state index in [-0.39, 0.29) is 36.8 Å². The molecule has 5 rings (SSSR count). The molecular formula is C33H44N2O7. The quantitative estimate of drug-likeness (QED) is 0.462. The summed E-state index contributed by atoms with van der Waals surface area (Å²) in [5.74, 6) is 2.47. The fourth-order valence-corrected chi connectivity index (χ4v) is 7.54. The smallest absolute Gasteiger partial charge is 0.303 e. The van der Waals surface area contributed by atoms with Gasteiger partial charge < -0.3 is 29.0 Å². The molecule has 228 valence electrons. The Bertz CT molecular complexity index is 1310. The Kier molecular flexibility index (Phi) is 9.16. The number of hydrogen-bond acceptors (Lipinski definition) is 7. The molecule has 1 N–H and O–H groups in total. The Labute approximate surface area is 248 Å². The molecule has 9 nitrogen and oxygen atoms in total. The number of aliphatic carboxylic acids is 1. The summed E-state index contributed by atoms with van der Waals surface area (Å²) >= 11 is 0. The average molecular weight is 581 g/mol. The summed E-state index contributed by atoms with van der Waals surface area (Å²) in [5, 5.41) is 9.35. The van der Waals surface area contributed by atoms with Gasteiger partial charge in [0.15, 0.2) is 23.0 Å². The van der Waals surface area contributed by atoms with Gasteiger partial charge in [-0.05, 0) is 84.0 Å². The van der Waals surface area contributed by atoms with Crippen molar-refractivity contribution in [3.05, 3.63) is 46.5 Å². The fraction of sp³-hybridized carbons (Fsp3) is 0.576. The van der Waals surface area contributed by atoms with Crippen LogP contribution < -0.4 is 18.9 Å². The molecule has 2 aromatic carbocycles. The van der Waals surface area contributed by atoms with Gasteiger partial charge in [0.2, 0.25) is 5.91 Å². The van der Waals surface area contributed by atoms with Crippen molar-refractivity contribution < 1.29 is 33.6 Å². The lowest BCUT2D eigenvalue weighted by atomic mass is 9.71. The second kappa shape index (κ2) is 12.8. The molecule has 0 radical (unpaired) electrons. The van der Waals surface area contributed by atoms with Crippen molar-refractivity contribution in [2.45, 2.75) is 64.0 Å². The van der Waals surface area contributed by atoms with E-state index in [2.05, 4.69) is 30.0 Å². The van der Waals surface area contributed by atoms with Gasteiger partial charge in [0.05, 0.1) is 34.9 Å². The van der Waals surface area contributed by atoms with Gasteiger partial charge in [-0.25, -0.2) is 0 Å². The summed E-state index contributed by atoms with van der Waals surface area (Å²) < 4.78 is 22.5. The molecule has 1 saturated heterocycles. The van der Waals surface area contributed by atoms with Crippen molar-refractivity contribution in [2.75, 3.05) is 48.1 Å². The highest BCUT2D eigenvalue weighted by Crippen LogP contribution is 2.47.